The Balaban J connectivity index is 2.79. The van der Waals surface area contributed by atoms with E-state index in [2.05, 4.69) is 22.1 Å². The van der Waals surface area contributed by atoms with Crippen LogP contribution in [0.15, 0.2) is 24.5 Å². The van der Waals surface area contributed by atoms with Crippen LogP contribution in [-0.4, -0.2) is 15.2 Å². The summed E-state index contributed by atoms with van der Waals surface area (Å²) in [6.07, 6.45) is 4.50. The van der Waals surface area contributed by atoms with Crippen molar-refractivity contribution in [3.8, 4) is 0 Å². The van der Waals surface area contributed by atoms with E-state index in [0.29, 0.717) is 0 Å². The van der Waals surface area contributed by atoms with Gasteiger partial charge in [0, 0.05) is 11.6 Å². The zero-order chi connectivity index (χ0) is 8.39. The quantitative estimate of drug-likeness (QED) is 0.634. The van der Waals surface area contributed by atoms with Crippen LogP contribution in [0, 0.1) is 0 Å². The Morgan fingerprint density at radius 3 is 3.17 bits per heavy atom. The van der Waals surface area contributed by atoms with E-state index in [4.69, 9.17) is 0 Å². The van der Waals surface area contributed by atoms with Gasteiger partial charge < -0.3 is 0 Å². The van der Waals surface area contributed by atoms with Crippen molar-refractivity contribution in [1.29, 1.82) is 0 Å². The molecule has 60 valence electrons. The average Bonchev–Trinajstić information content (AvgIpc) is 2.17. The molecule has 0 amide bonds. The number of pyridine rings is 1. The van der Waals surface area contributed by atoms with Crippen molar-refractivity contribution in [2.45, 2.75) is 13.3 Å². The van der Waals surface area contributed by atoms with Gasteiger partial charge in [0.15, 0.2) is 5.65 Å². The van der Waals surface area contributed by atoms with E-state index in [0.717, 1.165) is 17.5 Å². The molecule has 0 atom stereocenters. The minimum absolute atomic E-state index is 0.733. The Morgan fingerprint density at radius 1 is 1.42 bits per heavy atom. The first-order valence-corrected chi connectivity index (χ1v) is 3.97. The highest BCUT2D eigenvalue weighted by Crippen LogP contribution is 2.12. The number of rotatable bonds is 1. The Bertz CT molecular complexity index is 392. The minimum Gasteiger partial charge on any atom is -0.235 e. The molecule has 0 aliphatic rings. The van der Waals surface area contributed by atoms with Gasteiger partial charge in [-0.1, -0.05) is 6.92 Å². The molecule has 0 unspecified atom stereocenters. The number of fused-ring (bicyclic) bond motifs is 1. The van der Waals surface area contributed by atoms with Crippen molar-refractivity contribution in [1.82, 2.24) is 15.2 Å². The molecule has 2 heterocycles. The maximum Gasteiger partial charge on any atom is 0.181 e. The highest BCUT2D eigenvalue weighted by molar-refractivity contribution is 5.77. The summed E-state index contributed by atoms with van der Waals surface area (Å²) >= 11 is 0. The largest absolute Gasteiger partial charge is 0.235 e. The molecular formula is C9H9N3. The average molecular weight is 159 g/mol. The number of hydrogen-bond acceptors (Lipinski definition) is 3. The van der Waals surface area contributed by atoms with Gasteiger partial charge in [0.2, 0.25) is 0 Å². The summed E-state index contributed by atoms with van der Waals surface area (Å²) in [5.41, 5.74) is 1.94. The van der Waals surface area contributed by atoms with E-state index in [1.165, 1.54) is 5.56 Å². The van der Waals surface area contributed by atoms with Crippen LogP contribution in [0.3, 0.4) is 0 Å². The molecule has 2 aromatic heterocycles. The molecule has 0 saturated heterocycles. The summed E-state index contributed by atoms with van der Waals surface area (Å²) in [5, 5.41) is 8.91. The summed E-state index contributed by atoms with van der Waals surface area (Å²) in [7, 11) is 0. The van der Waals surface area contributed by atoms with E-state index >= 15 is 0 Å². The molecule has 0 aliphatic heterocycles. The third-order valence-corrected chi connectivity index (χ3v) is 1.88. The molecule has 0 aromatic carbocycles. The summed E-state index contributed by atoms with van der Waals surface area (Å²) in [5.74, 6) is 0. The van der Waals surface area contributed by atoms with Crippen molar-refractivity contribution in [3.05, 3.63) is 30.1 Å². The van der Waals surface area contributed by atoms with Gasteiger partial charge in [-0.3, -0.25) is 0 Å². The van der Waals surface area contributed by atoms with Gasteiger partial charge in [-0.2, -0.15) is 5.10 Å². The standard InChI is InChI=1S/C9H9N3/c1-2-7-6-11-12-9-8(7)4-3-5-10-9/h3-6H,2H2,1H3. The predicted molar refractivity (Wildman–Crippen MR) is 46.7 cm³/mol. The molecule has 2 rings (SSSR count). The van der Waals surface area contributed by atoms with Gasteiger partial charge >= 0.3 is 0 Å². The van der Waals surface area contributed by atoms with Crippen LogP contribution in [0.5, 0.6) is 0 Å². The van der Waals surface area contributed by atoms with Gasteiger partial charge in [-0.05, 0) is 24.1 Å². The molecule has 0 N–H and O–H groups in total. The van der Waals surface area contributed by atoms with Crippen molar-refractivity contribution in [2.24, 2.45) is 0 Å². The SMILES string of the molecule is CCc1cnnc2ncccc12. The molecular weight excluding hydrogens is 150 g/mol. The first-order valence-electron chi connectivity index (χ1n) is 3.97. The van der Waals surface area contributed by atoms with Gasteiger partial charge in [-0.15, -0.1) is 5.10 Å². The molecule has 0 fully saturated rings. The van der Waals surface area contributed by atoms with Crippen molar-refractivity contribution >= 4 is 11.0 Å². The topological polar surface area (TPSA) is 38.7 Å². The van der Waals surface area contributed by atoms with Gasteiger partial charge in [-0.25, -0.2) is 4.98 Å². The summed E-state index contributed by atoms with van der Waals surface area (Å²) in [4.78, 5) is 4.12. The molecule has 0 aliphatic carbocycles. The zero-order valence-corrected chi connectivity index (χ0v) is 6.86. The lowest BCUT2D eigenvalue weighted by Crippen LogP contribution is -1.91. The van der Waals surface area contributed by atoms with E-state index in [-0.39, 0.29) is 0 Å². The van der Waals surface area contributed by atoms with Gasteiger partial charge in [0.05, 0.1) is 6.20 Å². The predicted octanol–water partition coefficient (Wildman–Crippen LogP) is 1.59. The van der Waals surface area contributed by atoms with Crippen LogP contribution >= 0.6 is 0 Å². The Kier molecular flexibility index (Phi) is 1.70. The maximum atomic E-state index is 4.12. The van der Waals surface area contributed by atoms with Crippen LogP contribution in [0.1, 0.15) is 12.5 Å². The smallest absolute Gasteiger partial charge is 0.181 e. The normalized spacial score (nSPS) is 10.4. The minimum atomic E-state index is 0.733. The number of hydrogen-bond donors (Lipinski definition) is 0. The highest BCUT2D eigenvalue weighted by Gasteiger charge is 1.99. The Hall–Kier alpha value is -1.51. The molecule has 12 heavy (non-hydrogen) atoms. The summed E-state index contributed by atoms with van der Waals surface area (Å²) in [6, 6.07) is 3.94. The first kappa shape index (κ1) is 7.16. The van der Waals surface area contributed by atoms with Crippen LogP contribution in [0.2, 0.25) is 0 Å². The summed E-state index contributed by atoms with van der Waals surface area (Å²) in [6.45, 7) is 2.10. The Morgan fingerprint density at radius 2 is 2.33 bits per heavy atom. The van der Waals surface area contributed by atoms with Crippen LogP contribution in [0.25, 0.3) is 11.0 Å². The first-order chi connectivity index (χ1) is 5.92. The molecule has 0 radical (unpaired) electrons. The second-order valence-corrected chi connectivity index (χ2v) is 2.60. The molecule has 0 spiro atoms. The van der Waals surface area contributed by atoms with E-state index in [1.54, 1.807) is 12.4 Å². The Labute approximate surface area is 70.5 Å². The third-order valence-electron chi connectivity index (χ3n) is 1.88. The second kappa shape index (κ2) is 2.85. The van der Waals surface area contributed by atoms with Gasteiger partial charge in [0.25, 0.3) is 0 Å². The zero-order valence-electron chi connectivity index (χ0n) is 6.86. The third kappa shape index (κ3) is 1.03. The second-order valence-electron chi connectivity index (χ2n) is 2.60. The maximum absolute atomic E-state index is 4.12. The van der Waals surface area contributed by atoms with Crippen molar-refractivity contribution in [2.75, 3.05) is 0 Å². The lowest BCUT2D eigenvalue weighted by atomic mass is 10.1. The van der Waals surface area contributed by atoms with Crippen LogP contribution in [0.4, 0.5) is 0 Å². The lowest BCUT2D eigenvalue weighted by molar-refractivity contribution is 1.01. The fourth-order valence-corrected chi connectivity index (χ4v) is 1.23. The van der Waals surface area contributed by atoms with E-state index in [9.17, 15) is 0 Å². The van der Waals surface area contributed by atoms with Crippen LogP contribution < -0.4 is 0 Å². The van der Waals surface area contributed by atoms with E-state index < -0.39 is 0 Å². The molecule has 2 aromatic rings. The van der Waals surface area contributed by atoms with Crippen molar-refractivity contribution < 1.29 is 0 Å². The monoisotopic (exact) mass is 159 g/mol. The highest BCUT2D eigenvalue weighted by atomic mass is 15.1. The number of aryl methyl sites for hydroxylation is 1. The number of aromatic nitrogens is 3. The van der Waals surface area contributed by atoms with Gasteiger partial charge in [0.1, 0.15) is 0 Å². The van der Waals surface area contributed by atoms with Crippen LogP contribution in [-0.2, 0) is 6.42 Å². The summed E-state index contributed by atoms with van der Waals surface area (Å²) < 4.78 is 0. The molecule has 0 bridgehead atoms. The fourth-order valence-electron chi connectivity index (χ4n) is 1.23. The molecule has 0 saturated carbocycles. The van der Waals surface area contributed by atoms with E-state index in [1.807, 2.05) is 12.1 Å². The number of nitrogens with zero attached hydrogens (tertiary/aromatic N) is 3. The lowest BCUT2D eigenvalue weighted by Gasteiger charge is -1.99. The fraction of sp³-hybridized carbons (Fsp3) is 0.222. The van der Waals surface area contributed by atoms with Crippen molar-refractivity contribution in [3.63, 3.8) is 0 Å². The molecule has 3 nitrogen and oxygen atoms in total. The molecule has 3 heteroatoms.